The molecule has 2 unspecified atom stereocenters. The smallest absolute Gasteiger partial charge is 0.434 e. The van der Waals surface area contributed by atoms with Crippen LogP contribution in [0.4, 0.5) is 24.0 Å². The lowest BCUT2D eigenvalue weighted by atomic mass is 10.00. The van der Waals surface area contributed by atoms with Crippen LogP contribution in [0.1, 0.15) is 31.0 Å². The summed E-state index contributed by atoms with van der Waals surface area (Å²) >= 11 is 0.834. The standard InChI is InChI=1S/C16H16F3N3O3S/c1-8(13(23)20-9(2)14(24)25)10-3-5-11(6-4-10)21-15-22-12(7-26-15)16(17,18)19/h3-9H,1-2H3,(H,20,23)(H,21,22)(H,24,25). The molecule has 0 radical (unpaired) electrons. The summed E-state index contributed by atoms with van der Waals surface area (Å²) in [4.78, 5) is 26.3. The van der Waals surface area contributed by atoms with Crippen LogP contribution >= 0.6 is 11.3 Å². The van der Waals surface area contributed by atoms with Crippen LogP contribution in [-0.2, 0) is 15.8 Å². The zero-order valence-electron chi connectivity index (χ0n) is 13.8. The largest absolute Gasteiger partial charge is 0.480 e. The minimum absolute atomic E-state index is 0.103. The van der Waals surface area contributed by atoms with Crippen LogP contribution in [0.25, 0.3) is 0 Å². The first-order valence-corrected chi connectivity index (χ1v) is 8.38. The SMILES string of the molecule is CC(NC(=O)C(C)c1ccc(Nc2nc(C(F)(F)F)cs2)cc1)C(=O)O. The molecule has 1 amide bonds. The highest BCUT2D eigenvalue weighted by atomic mass is 32.1. The molecule has 6 nitrogen and oxygen atoms in total. The molecular formula is C16H16F3N3O3S. The normalized spacial score (nSPS) is 13.7. The molecule has 0 spiro atoms. The average molecular weight is 387 g/mol. The number of aromatic nitrogens is 1. The molecule has 1 aromatic heterocycles. The number of rotatable bonds is 6. The van der Waals surface area contributed by atoms with Gasteiger partial charge in [-0.2, -0.15) is 13.2 Å². The van der Waals surface area contributed by atoms with Gasteiger partial charge in [0.25, 0.3) is 0 Å². The van der Waals surface area contributed by atoms with Crippen molar-refractivity contribution in [3.63, 3.8) is 0 Å². The Morgan fingerprint density at radius 3 is 2.31 bits per heavy atom. The van der Waals surface area contributed by atoms with Gasteiger partial charge < -0.3 is 15.7 Å². The van der Waals surface area contributed by atoms with Gasteiger partial charge in [0.05, 0.1) is 5.92 Å². The summed E-state index contributed by atoms with van der Waals surface area (Å²) in [5, 5.41) is 15.0. The lowest BCUT2D eigenvalue weighted by Gasteiger charge is -2.15. The van der Waals surface area contributed by atoms with Crippen LogP contribution in [0.3, 0.4) is 0 Å². The van der Waals surface area contributed by atoms with Crippen molar-refractivity contribution in [2.24, 2.45) is 0 Å². The fourth-order valence-corrected chi connectivity index (χ4v) is 2.73. The number of carbonyl (C=O) groups is 2. The number of carboxylic acid groups (broad SMARTS) is 1. The Labute approximate surface area is 151 Å². The number of hydrogen-bond acceptors (Lipinski definition) is 5. The van der Waals surface area contributed by atoms with Gasteiger partial charge in [0.1, 0.15) is 6.04 Å². The van der Waals surface area contributed by atoms with Crippen molar-refractivity contribution < 1.29 is 27.9 Å². The second kappa shape index (κ2) is 7.73. The van der Waals surface area contributed by atoms with Gasteiger partial charge in [-0.05, 0) is 31.5 Å². The van der Waals surface area contributed by atoms with Crippen molar-refractivity contribution >= 4 is 34.0 Å². The second-order valence-electron chi connectivity index (χ2n) is 5.57. The molecule has 0 fully saturated rings. The van der Waals surface area contributed by atoms with Gasteiger partial charge in [-0.1, -0.05) is 12.1 Å². The highest BCUT2D eigenvalue weighted by molar-refractivity contribution is 7.13. The monoisotopic (exact) mass is 387 g/mol. The van der Waals surface area contributed by atoms with E-state index >= 15 is 0 Å². The predicted octanol–water partition coefficient (Wildman–Crippen LogP) is 3.60. The number of hydrogen-bond donors (Lipinski definition) is 3. The maximum Gasteiger partial charge on any atom is 0.434 e. The number of carbonyl (C=O) groups excluding carboxylic acids is 1. The Hall–Kier alpha value is -2.62. The van der Waals surface area contributed by atoms with Gasteiger partial charge >= 0.3 is 12.1 Å². The fraction of sp³-hybridized carbons (Fsp3) is 0.312. The quantitative estimate of drug-likeness (QED) is 0.705. The van der Waals surface area contributed by atoms with Crippen LogP contribution < -0.4 is 10.6 Å². The van der Waals surface area contributed by atoms with Gasteiger partial charge in [0.15, 0.2) is 10.8 Å². The topological polar surface area (TPSA) is 91.3 Å². The van der Waals surface area contributed by atoms with E-state index in [4.69, 9.17) is 5.11 Å². The molecule has 0 saturated carbocycles. The van der Waals surface area contributed by atoms with Crippen molar-refractivity contribution in [3.8, 4) is 0 Å². The van der Waals surface area contributed by atoms with Gasteiger partial charge in [-0.3, -0.25) is 9.59 Å². The third-order valence-corrected chi connectivity index (χ3v) is 4.34. The highest BCUT2D eigenvalue weighted by Crippen LogP contribution is 2.32. The number of benzene rings is 1. The molecule has 2 rings (SSSR count). The molecule has 2 aromatic rings. The number of halogens is 3. The van der Waals surface area contributed by atoms with Crippen LogP contribution in [0.2, 0.25) is 0 Å². The van der Waals surface area contributed by atoms with E-state index < -0.39 is 35.7 Å². The molecule has 1 heterocycles. The summed E-state index contributed by atoms with van der Waals surface area (Å²) in [5.74, 6) is -2.15. The minimum atomic E-state index is -4.49. The van der Waals surface area contributed by atoms with E-state index in [-0.39, 0.29) is 5.13 Å². The molecule has 26 heavy (non-hydrogen) atoms. The van der Waals surface area contributed by atoms with E-state index in [1.165, 1.54) is 6.92 Å². The van der Waals surface area contributed by atoms with E-state index in [9.17, 15) is 22.8 Å². The number of carboxylic acids is 1. The van der Waals surface area contributed by atoms with Gasteiger partial charge in [-0.15, -0.1) is 11.3 Å². The van der Waals surface area contributed by atoms with Crippen molar-refractivity contribution in [2.75, 3.05) is 5.32 Å². The lowest BCUT2D eigenvalue weighted by Crippen LogP contribution is -2.40. The van der Waals surface area contributed by atoms with E-state index in [2.05, 4.69) is 15.6 Å². The van der Waals surface area contributed by atoms with Crippen molar-refractivity contribution in [3.05, 3.63) is 40.9 Å². The maximum atomic E-state index is 12.5. The Bertz CT molecular complexity index is 790. The number of nitrogens with zero attached hydrogens (tertiary/aromatic N) is 1. The van der Waals surface area contributed by atoms with E-state index in [0.29, 0.717) is 11.3 Å². The van der Waals surface area contributed by atoms with Crippen molar-refractivity contribution in [2.45, 2.75) is 32.0 Å². The third kappa shape index (κ3) is 4.94. The zero-order valence-corrected chi connectivity index (χ0v) is 14.6. The van der Waals surface area contributed by atoms with Crippen LogP contribution in [0.5, 0.6) is 0 Å². The first kappa shape index (κ1) is 19.7. The summed E-state index contributed by atoms with van der Waals surface area (Å²) in [7, 11) is 0. The molecule has 0 saturated heterocycles. The molecule has 0 aliphatic carbocycles. The van der Waals surface area contributed by atoms with E-state index in [0.717, 1.165) is 16.7 Å². The summed E-state index contributed by atoms with van der Waals surface area (Å²) in [5.41, 5.74) is 0.198. The molecule has 0 bridgehead atoms. The average Bonchev–Trinajstić information content (AvgIpc) is 3.03. The lowest BCUT2D eigenvalue weighted by molar-refractivity contribution is -0.141. The molecule has 0 aliphatic rings. The Morgan fingerprint density at radius 2 is 1.81 bits per heavy atom. The second-order valence-corrected chi connectivity index (χ2v) is 6.43. The van der Waals surface area contributed by atoms with E-state index in [1.807, 2.05) is 0 Å². The molecule has 0 aliphatic heterocycles. The first-order chi connectivity index (χ1) is 12.1. The number of amides is 1. The number of thiazole rings is 1. The first-order valence-electron chi connectivity index (χ1n) is 7.51. The Balaban J connectivity index is 2.02. The van der Waals surface area contributed by atoms with Gasteiger partial charge in [0.2, 0.25) is 5.91 Å². The molecule has 1 aromatic carbocycles. The number of alkyl halides is 3. The summed E-state index contributed by atoms with van der Waals surface area (Å²) in [6, 6.07) is 5.48. The molecule has 3 N–H and O–H groups in total. The predicted molar refractivity (Wildman–Crippen MR) is 90.5 cm³/mol. The summed E-state index contributed by atoms with van der Waals surface area (Å²) in [6.45, 7) is 2.99. The number of aliphatic carboxylic acids is 1. The number of nitrogens with one attached hydrogen (secondary N) is 2. The van der Waals surface area contributed by atoms with Crippen molar-refractivity contribution in [1.82, 2.24) is 10.3 Å². The van der Waals surface area contributed by atoms with E-state index in [1.54, 1.807) is 31.2 Å². The van der Waals surface area contributed by atoms with Gasteiger partial charge in [0, 0.05) is 11.1 Å². The van der Waals surface area contributed by atoms with Crippen LogP contribution in [0.15, 0.2) is 29.6 Å². The summed E-state index contributed by atoms with van der Waals surface area (Å²) in [6.07, 6.45) is -4.49. The van der Waals surface area contributed by atoms with Crippen LogP contribution in [0, 0.1) is 0 Å². The van der Waals surface area contributed by atoms with Crippen molar-refractivity contribution in [1.29, 1.82) is 0 Å². The molecular weight excluding hydrogens is 371 g/mol. The number of anilines is 2. The third-order valence-electron chi connectivity index (χ3n) is 3.58. The van der Waals surface area contributed by atoms with Gasteiger partial charge in [-0.25, -0.2) is 4.98 Å². The zero-order chi connectivity index (χ0) is 19.5. The summed E-state index contributed by atoms with van der Waals surface area (Å²) < 4.78 is 37.6. The highest BCUT2D eigenvalue weighted by Gasteiger charge is 2.33. The molecule has 2 atom stereocenters. The maximum absolute atomic E-state index is 12.5. The fourth-order valence-electron chi connectivity index (χ4n) is 1.99. The Morgan fingerprint density at radius 1 is 1.19 bits per heavy atom. The van der Waals surface area contributed by atoms with Crippen LogP contribution in [-0.4, -0.2) is 28.0 Å². The Kier molecular flexibility index (Phi) is 5.86. The minimum Gasteiger partial charge on any atom is -0.480 e. The molecule has 10 heteroatoms. The molecule has 140 valence electrons.